The molecule has 0 bridgehead atoms. The number of benzene rings is 2. The Bertz CT molecular complexity index is 917. The van der Waals surface area contributed by atoms with Gasteiger partial charge in [-0.05, 0) is 30.7 Å². The van der Waals surface area contributed by atoms with Crippen LogP contribution in [0.15, 0.2) is 48.5 Å². The average molecular weight is 316 g/mol. The van der Waals surface area contributed by atoms with E-state index < -0.39 is 0 Å². The maximum absolute atomic E-state index is 9.31. The van der Waals surface area contributed by atoms with Crippen LogP contribution in [0.25, 0.3) is 17.8 Å². The normalized spacial score (nSPS) is 10.7. The Morgan fingerprint density at radius 3 is 2.54 bits per heavy atom. The van der Waals surface area contributed by atoms with Crippen LogP contribution in [0.4, 0.5) is 0 Å². The molecule has 0 saturated heterocycles. The monoisotopic (exact) mass is 316 g/mol. The number of ether oxygens (including phenoxy) is 1. The van der Waals surface area contributed by atoms with E-state index in [1.165, 1.54) is 5.56 Å². The molecule has 118 valence electrons. The van der Waals surface area contributed by atoms with E-state index in [9.17, 15) is 5.26 Å². The van der Waals surface area contributed by atoms with Crippen LogP contribution in [0, 0.1) is 18.3 Å². The van der Waals surface area contributed by atoms with E-state index in [1.54, 1.807) is 11.8 Å². The van der Waals surface area contributed by atoms with Crippen LogP contribution in [-0.4, -0.2) is 22.1 Å². The molecule has 1 heterocycles. The average Bonchev–Trinajstić information content (AvgIpc) is 3.04. The van der Waals surface area contributed by atoms with Gasteiger partial charge in [0.1, 0.15) is 23.2 Å². The summed E-state index contributed by atoms with van der Waals surface area (Å²) >= 11 is 0. The first-order valence-corrected chi connectivity index (χ1v) is 7.47. The first-order valence-electron chi connectivity index (χ1n) is 7.47. The molecular formula is C19H16N4O. The molecule has 0 aliphatic heterocycles. The number of nitriles is 1. The van der Waals surface area contributed by atoms with Crippen molar-refractivity contribution in [2.45, 2.75) is 6.92 Å². The highest BCUT2D eigenvalue weighted by Crippen LogP contribution is 2.24. The molecule has 2 aromatic carbocycles. The topological polar surface area (TPSA) is 63.7 Å². The van der Waals surface area contributed by atoms with Gasteiger partial charge in [0.15, 0.2) is 5.69 Å². The summed E-state index contributed by atoms with van der Waals surface area (Å²) in [5, 5.41) is 17.4. The number of aryl methyl sites for hydroxylation is 1. The van der Waals surface area contributed by atoms with E-state index >= 15 is 0 Å². The van der Waals surface area contributed by atoms with Crippen molar-refractivity contribution in [2.24, 2.45) is 0 Å². The summed E-state index contributed by atoms with van der Waals surface area (Å²) in [5.41, 5.74) is 3.85. The van der Waals surface area contributed by atoms with Crippen LogP contribution in [0.1, 0.15) is 22.5 Å². The summed E-state index contributed by atoms with van der Waals surface area (Å²) in [6.07, 6.45) is 3.78. The summed E-state index contributed by atoms with van der Waals surface area (Å²) in [6.45, 7) is 2.04. The van der Waals surface area contributed by atoms with Gasteiger partial charge in [-0.1, -0.05) is 53.3 Å². The number of para-hydroxylation sites is 2. The SMILES string of the molecule is COc1ccccc1-n1nnc(C#N)c1/C=C/c1ccc(C)cc1. The summed E-state index contributed by atoms with van der Waals surface area (Å²) in [7, 11) is 1.60. The molecule has 3 rings (SSSR count). The number of hydrogen-bond acceptors (Lipinski definition) is 4. The van der Waals surface area contributed by atoms with Gasteiger partial charge < -0.3 is 4.74 Å². The zero-order valence-corrected chi connectivity index (χ0v) is 13.5. The molecule has 0 radical (unpaired) electrons. The molecule has 0 saturated carbocycles. The molecule has 0 fully saturated rings. The van der Waals surface area contributed by atoms with E-state index in [-0.39, 0.29) is 5.69 Å². The van der Waals surface area contributed by atoms with Gasteiger partial charge in [0.25, 0.3) is 0 Å². The second-order valence-electron chi connectivity index (χ2n) is 5.26. The second kappa shape index (κ2) is 6.80. The maximum atomic E-state index is 9.31. The Balaban J connectivity index is 2.06. The molecule has 0 amide bonds. The number of methoxy groups -OCH3 is 1. The maximum Gasteiger partial charge on any atom is 0.190 e. The van der Waals surface area contributed by atoms with Gasteiger partial charge in [0.2, 0.25) is 0 Å². The number of nitrogens with zero attached hydrogens (tertiary/aromatic N) is 4. The highest BCUT2D eigenvalue weighted by Gasteiger charge is 2.14. The minimum atomic E-state index is 0.268. The van der Waals surface area contributed by atoms with Crippen LogP contribution in [0.5, 0.6) is 5.75 Å². The lowest BCUT2D eigenvalue weighted by atomic mass is 10.1. The largest absolute Gasteiger partial charge is 0.494 e. The molecule has 0 aliphatic rings. The quantitative estimate of drug-likeness (QED) is 0.737. The summed E-state index contributed by atoms with van der Waals surface area (Å²) in [6, 6.07) is 17.7. The highest BCUT2D eigenvalue weighted by atomic mass is 16.5. The van der Waals surface area contributed by atoms with Crippen molar-refractivity contribution in [1.82, 2.24) is 15.0 Å². The molecule has 24 heavy (non-hydrogen) atoms. The third kappa shape index (κ3) is 3.03. The van der Waals surface area contributed by atoms with E-state index in [4.69, 9.17) is 4.74 Å². The van der Waals surface area contributed by atoms with Crippen molar-refractivity contribution in [3.8, 4) is 17.5 Å². The van der Waals surface area contributed by atoms with Gasteiger partial charge in [0.05, 0.1) is 7.11 Å². The molecule has 1 aromatic heterocycles. The predicted octanol–water partition coefficient (Wildman–Crippen LogP) is 3.63. The molecular weight excluding hydrogens is 300 g/mol. The van der Waals surface area contributed by atoms with Gasteiger partial charge in [-0.15, -0.1) is 5.10 Å². The fourth-order valence-corrected chi connectivity index (χ4v) is 2.35. The zero-order valence-electron chi connectivity index (χ0n) is 13.5. The number of hydrogen-bond donors (Lipinski definition) is 0. The number of aromatic nitrogens is 3. The van der Waals surface area contributed by atoms with Crippen molar-refractivity contribution >= 4 is 12.2 Å². The molecule has 0 aliphatic carbocycles. The molecule has 3 aromatic rings. The summed E-state index contributed by atoms with van der Waals surface area (Å²) < 4.78 is 6.99. The molecule has 0 unspecified atom stereocenters. The lowest BCUT2D eigenvalue weighted by Crippen LogP contribution is -2.02. The molecule has 5 heteroatoms. The third-order valence-corrected chi connectivity index (χ3v) is 3.64. The Morgan fingerprint density at radius 2 is 1.83 bits per heavy atom. The lowest BCUT2D eigenvalue weighted by Gasteiger charge is -2.08. The Kier molecular flexibility index (Phi) is 4.39. The first kappa shape index (κ1) is 15.5. The smallest absolute Gasteiger partial charge is 0.190 e. The van der Waals surface area contributed by atoms with Crippen LogP contribution in [0.2, 0.25) is 0 Å². The minimum absolute atomic E-state index is 0.268. The lowest BCUT2D eigenvalue weighted by molar-refractivity contribution is 0.411. The van der Waals surface area contributed by atoms with Crippen molar-refractivity contribution in [3.63, 3.8) is 0 Å². The highest BCUT2D eigenvalue weighted by molar-refractivity contribution is 5.71. The third-order valence-electron chi connectivity index (χ3n) is 3.64. The van der Waals surface area contributed by atoms with Gasteiger partial charge in [-0.25, -0.2) is 4.68 Å². The molecule has 0 atom stereocenters. The van der Waals surface area contributed by atoms with Crippen molar-refractivity contribution in [1.29, 1.82) is 5.26 Å². The summed E-state index contributed by atoms with van der Waals surface area (Å²) in [4.78, 5) is 0. The van der Waals surface area contributed by atoms with Crippen LogP contribution in [-0.2, 0) is 0 Å². The van der Waals surface area contributed by atoms with E-state index in [1.807, 2.05) is 67.6 Å². The molecule has 0 spiro atoms. The second-order valence-corrected chi connectivity index (χ2v) is 5.26. The molecule has 5 nitrogen and oxygen atoms in total. The van der Waals surface area contributed by atoms with E-state index in [0.29, 0.717) is 11.4 Å². The summed E-state index contributed by atoms with van der Waals surface area (Å²) in [5.74, 6) is 0.664. The van der Waals surface area contributed by atoms with Gasteiger partial charge in [-0.3, -0.25) is 0 Å². The molecule has 0 N–H and O–H groups in total. The van der Waals surface area contributed by atoms with Crippen molar-refractivity contribution < 1.29 is 4.74 Å². The predicted molar refractivity (Wildman–Crippen MR) is 92.7 cm³/mol. The van der Waals surface area contributed by atoms with Gasteiger partial charge in [-0.2, -0.15) is 5.26 Å². The van der Waals surface area contributed by atoms with E-state index in [2.05, 4.69) is 16.4 Å². The Labute approximate surface area is 140 Å². The standard InChI is InChI=1S/C19H16N4O/c1-14-7-9-15(10-8-14)11-12-17-16(13-20)21-22-23(17)18-5-3-4-6-19(18)24-2/h3-12H,1-2H3/b12-11+. The van der Waals surface area contributed by atoms with Gasteiger partial charge >= 0.3 is 0 Å². The van der Waals surface area contributed by atoms with Crippen LogP contribution >= 0.6 is 0 Å². The minimum Gasteiger partial charge on any atom is -0.494 e. The number of rotatable bonds is 4. The Morgan fingerprint density at radius 1 is 1.08 bits per heavy atom. The van der Waals surface area contributed by atoms with Gasteiger partial charge in [0, 0.05) is 0 Å². The van der Waals surface area contributed by atoms with Crippen LogP contribution in [0.3, 0.4) is 0 Å². The fourth-order valence-electron chi connectivity index (χ4n) is 2.35. The zero-order chi connectivity index (χ0) is 16.9. The Hall–Kier alpha value is -3.39. The first-order chi connectivity index (χ1) is 11.7. The van der Waals surface area contributed by atoms with E-state index in [0.717, 1.165) is 11.3 Å². The van der Waals surface area contributed by atoms with Crippen LogP contribution < -0.4 is 4.74 Å². The van der Waals surface area contributed by atoms with Crippen molar-refractivity contribution in [3.05, 3.63) is 71.0 Å². The fraction of sp³-hybridized carbons (Fsp3) is 0.105. The van der Waals surface area contributed by atoms with Crippen molar-refractivity contribution in [2.75, 3.05) is 7.11 Å².